The van der Waals surface area contributed by atoms with Gasteiger partial charge in [0.2, 0.25) is 0 Å². The molecule has 0 bridgehead atoms. The minimum Gasteiger partial charge on any atom is -0.326 e. The van der Waals surface area contributed by atoms with Crippen LogP contribution in [0.25, 0.3) is 16.6 Å². The van der Waals surface area contributed by atoms with E-state index in [-0.39, 0.29) is 0 Å². The van der Waals surface area contributed by atoms with Gasteiger partial charge in [-0.25, -0.2) is 4.68 Å². The second-order valence-electron chi connectivity index (χ2n) is 3.86. The van der Waals surface area contributed by atoms with Gasteiger partial charge in [0.05, 0.1) is 23.6 Å². The van der Waals surface area contributed by atoms with Gasteiger partial charge in [0.25, 0.3) is 0 Å². The predicted molar refractivity (Wildman–Crippen MR) is 66.8 cm³/mol. The third kappa shape index (κ3) is 1.68. The standard InChI is InChI=1S/C13H12N4/c14-7-10-1-3-12(4-2-10)17-13-9-15-6-5-11(13)8-16-17/h1-6,8-9H,7,14H2. The van der Waals surface area contributed by atoms with E-state index in [4.69, 9.17) is 5.73 Å². The van der Waals surface area contributed by atoms with Crippen LogP contribution >= 0.6 is 0 Å². The van der Waals surface area contributed by atoms with Crippen molar-refractivity contribution in [1.29, 1.82) is 0 Å². The van der Waals surface area contributed by atoms with E-state index in [1.54, 1.807) is 6.20 Å². The molecule has 3 aromatic rings. The summed E-state index contributed by atoms with van der Waals surface area (Å²) in [6.45, 7) is 0.557. The van der Waals surface area contributed by atoms with Crippen molar-refractivity contribution in [2.75, 3.05) is 0 Å². The molecule has 0 aliphatic carbocycles. The molecule has 0 radical (unpaired) electrons. The van der Waals surface area contributed by atoms with Gasteiger partial charge in [0.1, 0.15) is 0 Å². The molecule has 0 saturated carbocycles. The van der Waals surface area contributed by atoms with Gasteiger partial charge in [0, 0.05) is 18.1 Å². The Morgan fingerprint density at radius 1 is 1.06 bits per heavy atom. The van der Waals surface area contributed by atoms with Crippen LogP contribution < -0.4 is 5.73 Å². The maximum Gasteiger partial charge on any atom is 0.0924 e. The zero-order valence-corrected chi connectivity index (χ0v) is 9.24. The second kappa shape index (κ2) is 3.99. The van der Waals surface area contributed by atoms with Crippen LogP contribution in [-0.4, -0.2) is 14.8 Å². The first-order valence-corrected chi connectivity index (χ1v) is 5.45. The van der Waals surface area contributed by atoms with Crippen LogP contribution in [0.15, 0.2) is 48.9 Å². The zero-order valence-electron chi connectivity index (χ0n) is 9.24. The normalized spacial score (nSPS) is 10.9. The van der Waals surface area contributed by atoms with E-state index in [2.05, 4.69) is 10.1 Å². The molecule has 0 saturated heterocycles. The van der Waals surface area contributed by atoms with Gasteiger partial charge in [-0.2, -0.15) is 5.10 Å². The lowest BCUT2D eigenvalue weighted by molar-refractivity contribution is 0.906. The highest BCUT2D eigenvalue weighted by Crippen LogP contribution is 2.17. The number of rotatable bonds is 2. The lowest BCUT2D eigenvalue weighted by Gasteiger charge is -2.04. The van der Waals surface area contributed by atoms with Gasteiger partial charge >= 0.3 is 0 Å². The van der Waals surface area contributed by atoms with Gasteiger partial charge in [-0.3, -0.25) is 4.98 Å². The first-order valence-electron chi connectivity index (χ1n) is 5.45. The third-order valence-electron chi connectivity index (χ3n) is 2.79. The molecule has 4 nitrogen and oxygen atoms in total. The summed E-state index contributed by atoms with van der Waals surface area (Å²) in [6.07, 6.45) is 5.43. The maximum absolute atomic E-state index is 5.58. The molecule has 2 heterocycles. The molecule has 84 valence electrons. The quantitative estimate of drug-likeness (QED) is 0.723. The summed E-state index contributed by atoms with van der Waals surface area (Å²) in [6, 6.07) is 10.0. The smallest absolute Gasteiger partial charge is 0.0924 e. The molecule has 0 aliphatic rings. The van der Waals surface area contributed by atoms with Crippen LogP contribution in [0.3, 0.4) is 0 Å². The summed E-state index contributed by atoms with van der Waals surface area (Å²) in [5.41, 5.74) is 8.72. The van der Waals surface area contributed by atoms with Crippen molar-refractivity contribution in [3.05, 3.63) is 54.5 Å². The Balaban J connectivity index is 2.13. The Kier molecular flexibility index (Phi) is 2.34. The van der Waals surface area contributed by atoms with E-state index in [1.165, 1.54) is 0 Å². The molecule has 0 fully saturated rings. The minimum absolute atomic E-state index is 0.557. The van der Waals surface area contributed by atoms with Crippen molar-refractivity contribution >= 4 is 10.9 Å². The number of hydrogen-bond donors (Lipinski definition) is 1. The second-order valence-corrected chi connectivity index (χ2v) is 3.86. The summed E-state index contributed by atoms with van der Waals surface area (Å²) in [4.78, 5) is 4.12. The van der Waals surface area contributed by atoms with Gasteiger partial charge in [0.15, 0.2) is 0 Å². The van der Waals surface area contributed by atoms with Crippen LogP contribution in [0.2, 0.25) is 0 Å². The lowest BCUT2D eigenvalue weighted by Crippen LogP contribution is -1.99. The molecule has 4 heteroatoms. The summed E-state index contributed by atoms with van der Waals surface area (Å²) in [5, 5.41) is 5.45. The number of pyridine rings is 1. The molecule has 0 aliphatic heterocycles. The van der Waals surface area contributed by atoms with E-state index in [0.717, 1.165) is 22.2 Å². The van der Waals surface area contributed by atoms with Crippen molar-refractivity contribution in [3.63, 3.8) is 0 Å². The largest absolute Gasteiger partial charge is 0.326 e. The van der Waals surface area contributed by atoms with E-state index < -0.39 is 0 Å². The highest BCUT2D eigenvalue weighted by molar-refractivity contribution is 5.78. The number of aromatic nitrogens is 3. The minimum atomic E-state index is 0.557. The number of hydrogen-bond acceptors (Lipinski definition) is 3. The Morgan fingerprint density at radius 3 is 2.65 bits per heavy atom. The van der Waals surface area contributed by atoms with Gasteiger partial charge in [-0.1, -0.05) is 12.1 Å². The Bertz CT molecular complexity index is 640. The van der Waals surface area contributed by atoms with Crippen molar-refractivity contribution in [2.24, 2.45) is 5.73 Å². The molecule has 0 spiro atoms. The molecule has 0 unspecified atom stereocenters. The summed E-state index contributed by atoms with van der Waals surface area (Å²) < 4.78 is 1.88. The monoisotopic (exact) mass is 224 g/mol. The average Bonchev–Trinajstić information content (AvgIpc) is 2.83. The Morgan fingerprint density at radius 2 is 1.88 bits per heavy atom. The van der Waals surface area contributed by atoms with Crippen molar-refractivity contribution in [2.45, 2.75) is 6.54 Å². The van der Waals surface area contributed by atoms with Crippen LogP contribution in [-0.2, 0) is 6.54 Å². The number of nitrogens with two attached hydrogens (primary N) is 1. The zero-order chi connectivity index (χ0) is 11.7. The fraction of sp³-hybridized carbons (Fsp3) is 0.0769. The van der Waals surface area contributed by atoms with Crippen molar-refractivity contribution < 1.29 is 0 Å². The third-order valence-corrected chi connectivity index (χ3v) is 2.79. The number of fused-ring (bicyclic) bond motifs is 1. The predicted octanol–water partition coefficient (Wildman–Crippen LogP) is 1.88. The molecule has 0 atom stereocenters. The molecule has 2 aromatic heterocycles. The highest BCUT2D eigenvalue weighted by atomic mass is 15.3. The molecular weight excluding hydrogens is 212 g/mol. The summed E-state index contributed by atoms with van der Waals surface area (Å²) in [7, 11) is 0. The van der Waals surface area contributed by atoms with Gasteiger partial charge in [-0.15, -0.1) is 0 Å². The SMILES string of the molecule is NCc1ccc(-n2ncc3ccncc32)cc1. The Hall–Kier alpha value is -2.20. The maximum atomic E-state index is 5.58. The van der Waals surface area contributed by atoms with Crippen LogP contribution in [0, 0.1) is 0 Å². The fourth-order valence-corrected chi connectivity index (χ4v) is 1.84. The van der Waals surface area contributed by atoms with E-state index in [9.17, 15) is 0 Å². The van der Waals surface area contributed by atoms with Crippen LogP contribution in [0.1, 0.15) is 5.56 Å². The molecule has 2 N–H and O–H groups in total. The molecule has 0 amide bonds. The van der Waals surface area contributed by atoms with Crippen molar-refractivity contribution in [3.8, 4) is 5.69 Å². The molecule has 1 aromatic carbocycles. The number of nitrogens with zero attached hydrogens (tertiary/aromatic N) is 3. The van der Waals surface area contributed by atoms with E-state index in [1.807, 2.05) is 47.4 Å². The van der Waals surface area contributed by atoms with Crippen LogP contribution in [0.4, 0.5) is 0 Å². The van der Waals surface area contributed by atoms with Gasteiger partial charge in [-0.05, 0) is 23.8 Å². The van der Waals surface area contributed by atoms with Crippen molar-refractivity contribution in [1.82, 2.24) is 14.8 Å². The summed E-state index contributed by atoms with van der Waals surface area (Å²) in [5.74, 6) is 0. The van der Waals surface area contributed by atoms with E-state index >= 15 is 0 Å². The van der Waals surface area contributed by atoms with Gasteiger partial charge < -0.3 is 5.73 Å². The average molecular weight is 224 g/mol. The highest BCUT2D eigenvalue weighted by Gasteiger charge is 2.03. The Labute approximate surface area is 98.7 Å². The molecule has 17 heavy (non-hydrogen) atoms. The topological polar surface area (TPSA) is 56.7 Å². The number of benzene rings is 1. The summed E-state index contributed by atoms with van der Waals surface area (Å²) >= 11 is 0. The first-order chi connectivity index (χ1) is 8.38. The first kappa shape index (κ1) is 9.99. The van der Waals surface area contributed by atoms with E-state index in [0.29, 0.717) is 6.54 Å². The molecule has 3 rings (SSSR count). The molecular formula is C13H12N4. The van der Waals surface area contributed by atoms with Crippen LogP contribution in [0.5, 0.6) is 0 Å². The lowest BCUT2D eigenvalue weighted by atomic mass is 10.2. The fourth-order valence-electron chi connectivity index (χ4n) is 1.84.